The van der Waals surface area contributed by atoms with Crippen LogP contribution in [-0.4, -0.2) is 41.4 Å². The number of aromatic nitrogens is 2. The highest BCUT2D eigenvalue weighted by Crippen LogP contribution is 2.32. The molecule has 0 aliphatic carbocycles. The molecule has 3 aromatic rings. The zero-order valence-corrected chi connectivity index (χ0v) is 19.4. The minimum atomic E-state index is -3.84. The number of halogens is 2. The Bertz CT molecular complexity index is 1180. The molecular weight excluding hydrogens is 516 g/mol. The molecule has 2 aromatic heterocycles. The molecule has 4 rings (SSSR count). The Labute approximate surface area is 190 Å². The Morgan fingerprint density at radius 2 is 2.10 bits per heavy atom. The van der Waals surface area contributed by atoms with E-state index in [2.05, 4.69) is 31.4 Å². The normalized spacial score (nSPS) is 17.7. The number of amides is 1. The quantitative estimate of drug-likeness (QED) is 0.523. The number of carbonyl (C=O) groups excluding carboxylic acids is 1. The molecule has 1 saturated heterocycles. The molecule has 1 N–H and O–H groups in total. The number of hydrogen-bond acceptors (Lipinski definition) is 7. The number of nitrogens with zero attached hydrogens (tertiary/aromatic N) is 3. The van der Waals surface area contributed by atoms with Crippen LogP contribution in [0.3, 0.4) is 0 Å². The Morgan fingerprint density at radius 3 is 2.83 bits per heavy atom. The zero-order chi connectivity index (χ0) is 21.3. The van der Waals surface area contributed by atoms with Crippen LogP contribution >= 0.6 is 38.9 Å². The van der Waals surface area contributed by atoms with Crippen molar-refractivity contribution in [3.05, 3.63) is 45.2 Å². The van der Waals surface area contributed by atoms with Gasteiger partial charge >= 0.3 is 6.01 Å². The van der Waals surface area contributed by atoms with Crippen molar-refractivity contribution in [3.63, 3.8) is 0 Å². The van der Waals surface area contributed by atoms with Crippen LogP contribution in [-0.2, 0) is 14.8 Å². The molecule has 0 saturated carbocycles. The van der Waals surface area contributed by atoms with E-state index in [-0.39, 0.29) is 22.7 Å². The maximum Gasteiger partial charge on any atom is 0.322 e. The van der Waals surface area contributed by atoms with E-state index in [0.717, 1.165) is 22.2 Å². The summed E-state index contributed by atoms with van der Waals surface area (Å²) in [4.78, 5) is 12.9. The van der Waals surface area contributed by atoms with Gasteiger partial charge in [-0.05, 0) is 43.2 Å². The molecule has 0 radical (unpaired) electrons. The fraction of sp³-hybridized carbons (Fsp3) is 0.278. The second kappa shape index (κ2) is 8.75. The van der Waals surface area contributed by atoms with Crippen molar-refractivity contribution >= 4 is 60.8 Å². The summed E-state index contributed by atoms with van der Waals surface area (Å²) in [5, 5.41) is 10.4. The highest BCUT2D eigenvalue weighted by atomic mass is 79.9. The Hall–Kier alpha value is -1.79. The molecule has 8 nitrogen and oxygen atoms in total. The lowest BCUT2D eigenvalue weighted by molar-refractivity contribution is -0.120. The molecule has 1 amide bonds. The van der Waals surface area contributed by atoms with Gasteiger partial charge in [0.2, 0.25) is 11.8 Å². The molecule has 1 fully saturated rings. The second-order valence-electron chi connectivity index (χ2n) is 6.60. The summed E-state index contributed by atoms with van der Waals surface area (Å²) in [6.45, 7) is 0.253. The Balaban J connectivity index is 1.53. The lowest BCUT2D eigenvalue weighted by Crippen LogP contribution is -2.49. The van der Waals surface area contributed by atoms with E-state index in [1.54, 1.807) is 12.1 Å². The fourth-order valence-electron chi connectivity index (χ4n) is 3.21. The van der Waals surface area contributed by atoms with E-state index in [9.17, 15) is 13.2 Å². The predicted octanol–water partition coefficient (Wildman–Crippen LogP) is 4.40. The number of anilines is 1. The summed E-state index contributed by atoms with van der Waals surface area (Å²) in [6, 6.07) is 9.31. The van der Waals surface area contributed by atoms with Gasteiger partial charge in [-0.1, -0.05) is 45.1 Å². The van der Waals surface area contributed by atoms with Crippen LogP contribution in [0.4, 0.5) is 6.01 Å². The van der Waals surface area contributed by atoms with Crippen LogP contribution in [0.5, 0.6) is 0 Å². The van der Waals surface area contributed by atoms with E-state index in [1.807, 2.05) is 12.1 Å². The van der Waals surface area contributed by atoms with Gasteiger partial charge in [0.1, 0.15) is 10.3 Å². The van der Waals surface area contributed by atoms with Crippen molar-refractivity contribution in [2.45, 2.75) is 29.5 Å². The largest absolute Gasteiger partial charge is 0.403 e. The second-order valence-corrected chi connectivity index (χ2v) is 11.3. The molecule has 1 atom stereocenters. The van der Waals surface area contributed by atoms with Crippen LogP contribution in [0.1, 0.15) is 19.3 Å². The lowest BCUT2D eigenvalue weighted by Gasteiger charge is -2.32. The first-order chi connectivity index (χ1) is 14.3. The van der Waals surface area contributed by atoms with Crippen molar-refractivity contribution < 1.29 is 17.6 Å². The van der Waals surface area contributed by atoms with Crippen LogP contribution in [0.15, 0.2) is 49.5 Å². The van der Waals surface area contributed by atoms with E-state index in [0.29, 0.717) is 22.7 Å². The van der Waals surface area contributed by atoms with Gasteiger partial charge in [-0.15, -0.1) is 16.4 Å². The number of sulfonamides is 1. The molecule has 1 aromatic carbocycles. The number of benzene rings is 1. The molecule has 1 unspecified atom stereocenters. The summed E-state index contributed by atoms with van der Waals surface area (Å²) >= 11 is 10.2. The van der Waals surface area contributed by atoms with Gasteiger partial charge in [0.05, 0.1) is 4.34 Å². The smallest absolute Gasteiger partial charge is 0.322 e. The van der Waals surface area contributed by atoms with Crippen LogP contribution in [0, 0.1) is 0 Å². The number of thiophene rings is 1. The van der Waals surface area contributed by atoms with E-state index in [1.165, 1.54) is 16.4 Å². The number of carbonyl (C=O) groups is 1. The minimum Gasteiger partial charge on any atom is -0.403 e. The molecule has 30 heavy (non-hydrogen) atoms. The van der Waals surface area contributed by atoms with Crippen molar-refractivity contribution in [1.82, 2.24) is 14.5 Å². The zero-order valence-electron chi connectivity index (χ0n) is 15.4. The molecule has 1 aliphatic rings. The minimum absolute atomic E-state index is 0.0861. The summed E-state index contributed by atoms with van der Waals surface area (Å²) in [6.07, 6.45) is 1.81. The molecule has 12 heteroatoms. The fourth-order valence-corrected chi connectivity index (χ4v) is 6.87. The van der Waals surface area contributed by atoms with Crippen molar-refractivity contribution in [2.24, 2.45) is 0 Å². The third-order valence-electron chi connectivity index (χ3n) is 4.59. The predicted molar refractivity (Wildman–Crippen MR) is 117 cm³/mol. The number of rotatable bonds is 5. The maximum absolute atomic E-state index is 13.0. The molecule has 158 valence electrons. The third kappa shape index (κ3) is 4.45. The highest BCUT2D eigenvalue weighted by molar-refractivity contribution is 9.10. The molecule has 1 aliphatic heterocycles. The van der Waals surface area contributed by atoms with Gasteiger partial charge in [0, 0.05) is 16.6 Å². The van der Waals surface area contributed by atoms with Gasteiger partial charge in [-0.2, -0.15) is 4.31 Å². The van der Waals surface area contributed by atoms with Gasteiger partial charge in [-0.3, -0.25) is 10.1 Å². The Morgan fingerprint density at radius 1 is 1.27 bits per heavy atom. The summed E-state index contributed by atoms with van der Waals surface area (Å²) in [5.74, 6) is -0.265. The van der Waals surface area contributed by atoms with Crippen molar-refractivity contribution in [2.75, 3.05) is 11.9 Å². The van der Waals surface area contributed by atoms with E-state index in [4.69, 9.17) is 16.0 Å². The summed E-state index contributed by atoms with van der Waals surface area (Å²) < 4.78 is 34.2. The first kappa shape index (κ1) is 21.4. The first-order valence-electron chi connectivity index (χ1n) is 9.02. The third-order valence-corrected chi connectivity index (χ3v) is 8.69. The Kier molecular flexibility index (Phi) is 6.26. The molecule has 0 bridgehead atoms. The summed E-state index contributed by atoms with van der Waals surface area (Å²) in [7, 11) is -3.84. The highest BCUT2D eigenvalue weighted by Gasteiger charge is 2.38. The van der Waals surface area contributed by atoms with E-state index >= 15 is 0 Å². The van der Waals surface area contributed by atoms with Crippen LogP contribution in [0.25, 0.3) is 11.5 Å². The van der Waals surface area contributed by atoms with Gasteiger partial charge in [0.25, 0.3) is 10.0 Å². The monoisotopic (exact) mass is 530 g/mol. The average Bonchev–Trinajstić information content (AvgIpc) is 3.37. The van der Waals surface area contributed by atoms with Gasteiger partial charge in [0.15, 0.2) is 0 Å². The number of hydrogen-bond donors (Lipinski definition) is 1. The number of nitrogens with one attached hydrogen (secondary N) is 1. The molecular formula is C18H16BrClN4O4S2. The maximum atomic E-state index is 13.0. The average molecular weight is 532 g/mol. The topological polar surface area (TPSA) is 105 Å². The van der Waals surface area contributed by atoms with Crippen molar-refractivity contribution in [1.29, 1.82) is 0 Å². The van der Waals surface area contributed by atoms with Crippen molar-refractivity contribution in [3.8, 4) is 11.5 Å². The SMILES string of the molecule is O=C(Nc1nnc(-c2cccc(Br)c2)o1)C1CCCCN1S(=O)(=O)c1ccc(Cl)s1. The van der Waals surface area contributed by atoms with E-state index < -0.39 is 22.0 Å². The van der Waals surface area contributed by atoms with Crippen LogP contribution in [0.2, 0.25) is 4.34 Å². The number of piperidine rings is 1. The lowest BCUT2D eigenvalue weighted by atomic mass is 10.0. The standard InChI is InChI=1S/C18H16BrClN4O4S2/c19-12-5-3-4-11(10-12)17-22-23-18(28-17)21-16(25)13-6-1-2-9-24(13)30(26,27)15-8-7-14(20)29-15/h3-5,7-8,10,13H,1-2,6,9H2,(H,21,23,25). The van der Waals surface area contributed by atoms with Gasteiger partial charge in [-0.25, -0.2) is 8.42 Å². The van der Waals surface area contributed by atoms with Crippen LogP contribution < -0.4 is 5.32 Å². The summed E-state index contributed by atoms with van der Waals surface area (Å²) in [5.41, 5.74) is 0.689. The molecule has 3 heterocycles. The van der Waals surface area contributed by atoms with Gasteiger partial charge < -0.3 is 4.42 Å². The molecule has 0 spiro atoms. The first-order valence-corrected chi connectivity index (χ1v) is 12.4.